The lowest BCUT2D eigenvalue weighted by atomic mass is 10.2. The van der Waals surface area contributed by atoms with E-state index in [1.807, 2.05) is 6.92 Å². The molecule has 0 aromatic heterocycles. The molecule has 86 valence electrons. The first-order valence-electron chi connectivity index (χ1n) is 4.90. The molecule has 1 aromatic rings. The molecule has 0 saturated carbocycles. The van der Waals surface area contributed by atoms with Gasteiger partial charge in [0.05, 0.1) is 4.90 Å². The topological polar surface area (TPSA) is 46.2 Å². The number of allylic oxidation sites excluding steroid dienone is 2. The third-order valence-electron chi connectivity index (χ3n) is 1.99. The fourth-order valence-corrected chi connectivity index (χ4v) is 2.10. The van der Waals surface area contributed by atoms with Crippen molar-refractivity contribution in [2.24, 2.45) is 0 Å². The Morgan fingerprint density at radius 3 is 2.50 bits per heavy atom. The second-order valence-electron chi connectivity index (χ2n) is 3.33. The Morgan fingerprint density at radius 2 is 1.94 bits per heavy atom. The minimum atomic E-state index is -3.39. The Kier molecular flexibility index (Phi) is 4.46. The van der Waals surface area contributed by atoms with Gasteiger partial charge in [0.2, 0.25) is 10.0 Å². The van der Waals surface area contributed by atoms with Gasteiger partial charge in [-0.05, 0) is 19.1 Å². The van der Waals surface area contributed by atoms with Gasteiger partial charge < -0.3 is 0 Å². The minimum Gasteiger partial charge on any atom is -0.207 e. The molecule has 1 rings (SSSR count). The van der Waals surface area contributed by atoms with Crippen molar-refractivity contribution in [2.45, 2.75) is 11.8 Å². The molecule has 0 heterocycles. The van der Waals surface area contributed by atoms with Crippen molar-refractivity contribution in [3.8, 4) is 0 Å². The Morgan fingerprint density at radius 1 is 1.31 bits per heavy atom. The van der Waals surface area contributed by atoms with E-state index in [1.165, 1.54) is 0 Å². The molecule has 4 heteroatoms. The van der Waals surface area contributed by atoms with Crippen molar-refractivity contribution in [2.75, 3.05) is 6.54 Å². The fraction of sp³-hybridized carbons (Fsp3) is 0.167. The third kappa shape index (κ3) is 3.64. The molecule has 0 bridgehead atoms. The summed E-state index contributed by atoms with van der Waals surface area (Å²) in [5.74, 6) is 0. The zero-order chi connectivity index (χ0) is 12.0. The molecule has 0 unspecified atom stereocenters. The van der Waals surface area contributed by atoms with E-state index in [4.69, 9.17) is 0 Å². The number of aryl methyl sites for hydroxylation is 1. The van der Waals surface area contributed by atoms with Crippen LogP contribution in [-0.2, 0) is 10.0 Å². The highest BCUT2D eigenvalue weighted by atomic mass is 32.2. The predicted molar refractivity (Wildman–Crippen MR) is 65.7 cm³/mol. The molecule has 0 amide bonds. The van der Waals surface area contributed by atoms with Crippen LogP contribution in [0, 0.1) is 6.92 Å². The molecule has 0 spiro atoms. The van der Waals surface area contributed by atoms with Gasteiger partial charge in [-0.15, -0.1) is 0 Å². The molecule has 0 aliphatic carbocycles. The molecular weight excluding hydrogens is 222 g/mol. The molecule has 3 nitrogen and oxygen atoms in total. The van der Waals surface area contributed by atoms with Crippen LogP contribution in [0.1, 0.15) is 5.56 Å². The zero-order valence-electron chi connectivity index (χ0n) is 9.18. The maximum Gasteiger partial charge on any atom is 0.240 e. The van der Waals surface area contributed by atoms with Gasteiger partial charge >= 0.3 is 0 Å². The zero-order valence-corrected chi connectivity index (χ0v) is 10.00. The number of hydrogen-bond acceptors (Lipinski definition) is 2. The predicted octanol–water partition coefficient (Wildman–Crippen LogP) is 2.02. The number of benzene rings is 1. The molecule has 1 aromatic carbocycles. The van der Waals surface area contributed by atoms with E-state index in [-0.39, 0.29) is 11.4 Å². The van der Waals surface area contributed by atoms with E-state index in [0.29, 0.717) is 0 Å². The van der Waals surface area contributed by atoms with Gasteiger partial charge in [-0.1, -0.05) is 42.5 Å². The highest BCUT2D eigenvalue weighted by Crippen LogP contribution is 2.09. The van der Waals surface area contributed by atoms with Crippen LogP contribution in [0.3, 0.4) is 0 Å². The van der Waals surface area contributed by atoms with Crippen LogP contribution in [0.5, 0.6) is 0 Å². The SMILES string of the molecule is C=C/C=C/CNS(=O)(=O)c1ccc(C)cc1. The molecule has 0 aliphatic heterocycles. The van der Waals surface area contributed by atoms with Crippen molar-refractivity contribution in [3.05, 3.63) is 54.6 Å². The molecule has 0 radical (unpaired) electrons. The van der Waals surface area contributed by atoms with Crippen LogP contribution in [0.25, 0.3) is 0 Å². The molecule has 0 saturated heterocycles. The van der Waals surface area contributed by atoms with E-state index in [2.05, 4.69) is 11.3 Å². The van der Waals surface area contributed by atoms with Crippen molar-refractivity contribution in [1.29, 1.82) is 0 Å². The first kappa shape index (κ1) is 12.7. The molecule has 0 aliphatic rings. The third-order valence-corrected chi connectivity index (χ3v) is 3.43. The number of hydrogen-bond donors (Lipinski definition) is 1. The summed E-state index contributed by atoms with van der Waals surface area (Å²) >= 11 is 0. The lowest BCUT2D eigenvalue weighted by Gasteiger charge is -2.04. The van der Waals surface area contributed by atoms with Gasteiger partial charge in [-0.2, -0.15) is 0 Å². The maximum atomic E-state index is 11.7. The quantitative estimate of drug-likeness (QED) is 0.796. The molecule has 1 N–H and O–H groups in total. The summed E-state index contributed by atoms with van der Waals surface area (Å²) in [6, 6.07) is 6.73. The molecule has 16 heavy (non-hydrogen) atoms. The van der Waals surface area contributed by atoms with E-state index in [9.17, 15) is 8.42 Å². The minimum absolute atomic E-state index is 0.266. The van der Waals surface area contributed by atoms with Crippen LogP contribution in [0.15, 0.2) is 54.0 Å². The van der Waals surface area contributed by atoms with Crippen molar-refractivity contribution in [1.82, 2.24) is 4.72 Å². The Hall–Kier alpha value is -1.39. The van der Waals surface area contributed by atoms with Crippen LogP contribution in [0.2, 0.25) is 0 Å². The summed E-state index contributed by atoms with van der Waals surface area (Å²) in [6.07, 6.45) is 4.98. The van der Waals surface area contributed by atoms with Gasteiger partial charge in [-0.3, -0.25) is 0 Å². The van der Waals surface area contributed by atoms with Crippen LogP contribution in [0.4, 0.5) is 0 Å². The number of sulfonamides is 1. The van der Waals surface area contributed by atoms with Gasteiger partial charge in [0, 0.05) is 6.54 Å². The second-order valence-corrected chi connectivity index (χ2v) is 5.10. The second kappa shape index (κ2) is 5.63. The van der Waals surface area contributed by atoms with Crippen LogP contribution in [-0.4, -0.2) is 15.0 Å². The lowest BCUT2D eigenvalue weighted by Crippen LogP contribution is -2.23. The van der Waals surface area contributed by atoms with E-state index in [0.717, 1.165) is 5.56 Å². The fourth-order valence-electron chi connectivity index (χ4n) is 1.12. The van der Waals surface area contributed by atoms with Gasteiger partial charge in [-0.25, -0.2) is 13.1 Å². The average Bonchev–Trinajstić information content (AvgIpc) is 2.25. The summed E-state index contributed by atoms with van der Waals surface area (Å²) in [4.78, 5) is 0.283. The molecule has 0 atom stereocenters. The largest absolute Gasteiger partial charge is 0.240 e. The summed E-state index contributed by atoms with van der Waals surface area (Å²) in [5.41, 5.74) is 1.03. The Bertz CT molecular complexity index is 472. The summed E-state index contributed by atoms with van der Waals surface area (Å²) in [6.45, 7) is 5.68. The van der Waals surface area contributed by atoms with Crippen molar-refractivity contribution >= 4 is 10.0 Å². The van der Waals surface area contributed by atoms with Gasteiger partial charge in [0.25, 0.3) is 0 Å². The van der Waals surface area contributed by atoms with Crippen LogP contribution >= 0.6 is 0 Å². The maximum absolute atomic E-state index is 11.7. The lowest BCUT2D eigenvalue weighted by molar-refractivity contribution is 0.585. The summed E-state index contributed by atoms with van der Waals surface area (Å²) in [7, 11) is -3.39. The van der Waals surface area contributed by atoms with Gasteiger partial charge in [0.15, 0.2) is 0 Å². The van der Waals surface area contributed by atoms with E-state index in [1.54, 1.807) is 42.5 Å². The average molecular weight is 237 g/mol. The van der Waals surface area contributed by atoms with Gasteiger partial charge in [0.1, 0.15) is 0 Å². The first-order valence-corrected chi connectivity index (χ1v) is 6.38. The molecule has 0 fully saturated rings. The summed E-state index contributed by atoms with van der Waals surface area (Å²) in [5, 5.41) is 0. The van der Waals surface area contributed by atoms with Crippen molar-refractivity contribution in [3.63, 3.8) is 0 Å². The van der Waals surface area contributed by atoms with E-state index < -0.39 is 10.0 Å². The Labute approximate surface area is 96.6 Å². The number of rotatable bonds is 5. The van der Waals surface area contributed by atoms with E-state index >= 15 is 0 Å². The number of nitrogens with one attached hydrogen (secondary N) is 1. The van der Waals surface area contributed by atoms with Crippen molar-refractivity contribution < 1.29 is 8.42 Å². The van der Waals surface area contributed by atoms with Crippen LogP contribution < -0.4 is 4.72 Å². The monoisotopic (exact) mass is 237 g/mol. The molecular formula is C12H15NO2S. The standard InChI is InChI=1S/C12H15NO2S/c1-3-4-5-10-13-16(14,15)12-8-6-11(2)7-9-12/h3-9,13H,1,10H2,2H3/b5-4+. The highest BCUT2D eigenvalue weighted by Gasteiger charge is 2.11. The summed E-state index contributed by atoms with van der Waals surface area (Å²) < 4.78 is 25.9. The first-order chi connectivity index (χ1) is 7.56. The highest BCUT2D eigenvalue weighted by molar-refractivity contribution is 7.89. The smallest absolute Gasteiger partial charge is 0.207 e. The normalized spacial score (nSPS) is 11.8. The Balaban J connectivity index is 2.74.